The normalized spacial score (nSPS) is 20.1. The lowest BCUT2D eigenvalue weighted by Gasteiger charge is -2.20. The predicted molar refractivity (Wildman–Crippen MR) is 74.7 cm³/mol. The maximum atomic E-state index is 11.4. The first-order chi connectivity index (χ1) is 9.19. The van der Waals surface area contributed by atoms with E-state index in [4.69, 9.17) is 9.47 Å². The lowest BCUT2D eigenvalue weighted by Crippen LogP contribution is -2.30. The second-order valence-electron chi connectivity index (χ2n) is 4.58. The molecular formula is C13H20N2O3S. The highest BCUT2D eigenvalue weighted by atomic mass is 32.1. The number of hydrogen-bond acceptors (Lipinski definition) is 6. The molecule has 1 aliphatic heterocycles. The fraction of sp³-hybridized carbons (Fsp3) is 0.692. The molecule has 1 fully saturated rings. The minimum Gasteiger partial charge on any atom is -0.466 e. The Morgan fingerprint density at radius 1 is 1.68 bits per heavy atom. The van der Waals surface area contributed by atoms with Crippen LogP contribution in [-0.4, -0.2) is 43.4 Å². The van der Waals surface area contributed by atoms with Crippen LogP contribution in [0.5, 0.6) is 0 Å². The molecule has 1 atom stereocenters. The Labute approximate surface area is 117 Å². The van der Waals surface area contributed by atoms with Gasteiger partial charge < -0.3 is 14.4 Å². The van der Waals surface area contributed by atoms with Gasteiger partial charge in [-0.15, -0.1) is 11.3 Å². The Morgan fingerprint density at radius 3 is 3.32 bits per heavy atom. The first-order valence-electron chi connectivity index (χ1n) is 6.65. The molecule has 0 bridgehead atoms. The summed E-state index contributed by atoms with van der Waals surface area (Å²) >= 11 is 1.58. The zero-order valence-corrected chi connectivity index (χ0v) is 12.2. The summed E-state index contributed by atoms with van der Waals surface area (Å²) in [5.74, 6) is -0.216. The summed E-state index contributed by atoms with van der Waals surface area (Å²) in [4.78, 5) is 18.2. The summed E-state index contributed by atoms with van der Waals surface area (Å²) in [6.45, 7) is 6.91. The first kappa shape index (κ1) is 14.3. The number of carbonyl (C=O) groups excluding carboxylic acids is 1. The van der Waals surface area contributed by atoms with E-state index in [-0.39, 0.29) is 18.5 Å². The SMILES string of the molecule is CCOC(=O)Cc1csc(N2CCCOC(C)C2)n1. The van der Waals surface area contributed by atoms with E-state index in [1.54, 1.807) is 11.3 Å². The van der Waals surface area contributed by atoms with Crippen LogP contribution in [0.1, 0.15) is 26.0 Å². The summed E-state index contributed by atoms with van der Waals surface area (Å²) in [6.07, 6.45) is 1.49. The molecule has 5 nitrogen and oxygen atoms in total. The van der Waals surface area contributed by atoms with E-state index in [0.717, 1.165) is 36.9 Å². The molecule has 0 N–H and O–H groups in total. The molecule has 1 aromatic rings. The van der Waals surface area contributed by atoms with Crippen LogP contribution in [-0.2, 0) is 20.7 Å². The van der Waals surface area contributed by atoms with Gasteiger partial charge in [0.2, 0.25) is 0 Å². The molecule has 1 aliphatic rings. The van der Waals surface area contributed by atoms with Gasteiger partial charge in [0.25, 0.3) is 0 Å². The number of thiazole rings is 1. The Hall–Kier alpha value is -1.14. The van der Waals surface area contributed by atoms with E-state index in [1.807, 2.05) is 12.3 Å². The number of hydrogen-bond donors (Lipinski definition) is 0. The van der Waals surface area contributed by atoms with E-state index in [9.17, 15) is 4.79 Å². The van der Waals surface area contributed by atoms with Gasteiger partial charge in [-0.3, -0.25) is 4.79 Å². The van der Waals surface area contributed by atoms with Crippen LogP contribution in [0, 0.1) is 0 Å². The predicted octanol–water partition coefficient (Wildman–Crippen LogP) is 1.86. The summed E-state index contributed by atoms with van der Waals surface area (Å²) in [5, 5.41) is 2.90. The monoisotopic (exact) mass is 284 g/mol. The molecular weight excluding hydrogens is 264 g/mol. The van der Waals surface area contributed by atoms with Crippen molar-refractivity contribution in [2.75, 3.05) is 31.2 Å². The number of rotatable bonds is 4. The zero-order chi connectivity index (χ0) is 13.7. The van der Waals surface area contributed by atoms with Crippen LogP contribution in [0.3, 0.4) is 0 Å². The highest BCUT2D eigenvalue weighted by Gasteiger charge is 2.18. The van der Waals surface area contributed by atoms with Gasteiger partial charge >= 0.3 is 5.97 Å². The van der Waals surface area contributed by atoms with Crippen LogP contribution in [0.15, 0.2) is 5.38 Å². The van der Waals surface area contributed by atoms with Crippen molar-refractivity contribution in [3.05, 3.63) is 11.1 Å². The molecule has 1 aromatic heterocycles. The Bertz CT molecular complexity index is 422. The van der Waals surface area contributed by atoms with Gasteiger partial charge in [0.05, 0.1) is 24.8 Å². The minimum absolute atomic E-state index is 0.216. The fourth-order valence-electron chi connectivity index (χ4n) is 2.05. The minimum atomic E-state index is -0.216. The fourth-order valence-corrected chi connectivity index (χ4v) is 2.91. The molecule has 0 spiro atoms. The molecule has 6 heteroatoms. The molecule has 1 unspecified atom stereocenters. The second-order valence-corrected chi connectivity index (χ2v) is 5.42. The number of carbonyl (C=O) groups is 1. The van der Waals surface area contributed by atoms with Gasteiger partial charge in [-0.1, -0.05) is 0 Å². The van der Waals surface area contributed by atoms with Gasteiger partial charge in [-0.2, -0.15) is 0 Å². The van der Waals surface area contributed by atoms with Crippen LogP contribution in [0.4, 0.5) is 5.13 Å². The molecule has 0 radical (unpaired) electrons. The van der Waals surface area contributed by atoms with E-state index in [1.165, 1.54) is 0 Å². The summed E-state index contributed by atoms with van der Waals surface area (Å²) in [7, 11) is 0. The smallest absolute Gasteiger partial charge is 0.311 e. The molecule has 2 heterocycles. The Balaban J connectivity index is 1.97. The van der Waals surface area contributed by atoms with Crippen molar-refractivity contribution >= 4 is 22.4 Å². The number of esters is 1. The summed E-state index contributed by atoms with van der Waals surface area (Å²) in [5.41, 5.74) is 0.788. The maximum Gasteiger partial charge on any atom is 0.311 e. The number of aromatic nitrogens is 1. The van der Waals surface area contributed by atoms with Gasteiger partial charge in [-0.25, -0.2) is 4.98 Å². The van der Waals surface area contributed by atoms with Crippen LogP contribution in [0.25, 0.3) is 0 Å². The lowest BCUT2D eigenvalue weighted by molar-refractivity contribution is -0.142. The zero-order valence-electron chi connectivity index (χ0n) is 11.4. The van der Waals surface area contributed by atoms with E-state index < -0.39 is 0 Å². The molecule has 1 saturated heterocycles. The third-order valence-electron chi connectivity index (χ3n) is 2.89. The third-order valence-corrected chi connectivity index (χ3v) is 3.84. The van der Waals surface area contributed by atoms with Gasteiger partial charge in [0.15, 0.2) is 5.13 Å². The van der Waals surface area contributed by atoms with Gasteiger partial charge in [-0.05, 0) is 20.3 Å². The number of anilines is 1. The molecule has 0 amide bonds. The van der Waals surface area contributed by atoms with Crippen molar-refractivity contribution in [3.8, 4) is 0 Å². The molecule has 0 saturated carbocycles. The molecule has 106 valence electrons. The van der Waals surface area contributed by atoms with Gasteiger partial charge in [0.1, 0.15) is 0 Å². The topological polar surface area (TPSA) is 51.7 Å². The van der Waals surface area contributed by atoms with E-state index in [2.05, 4.69) is 16.8 Å². The largest absolute Gasteiger partial charge is 0.466 e. The molecule has 0 aliphatic carbocycles. The standard InChI is InChI=1S/C13H20N2O3S/c1-3-17-12(16)7-11-9-19-13(14-11)15-5-4-6-18-10(2)8-15/h9-10H,3-8H2,1-2H3. The van der Waals surface area contributed by atoms with E-state index >= 15 is 0 Å². The average Bonchev–Trinajstić information content (AvgIpc) is 2.71. The van der Waals surface area contributed by atoms with Crippen molar-refractivity contribution in [3.63, 3.8) is 0 Å². The van der Waals surface area contributed by atoms with Crippen molar-refractivity contribution in [2.24, 2.45) is 0 Å². The Kier molecular flexibility index (Phi) is 5.15. The maximum absolute atomic E-state index is 11.4. The van der Waals surface area contributed by atoms with Crippen LogP contribution < -0.4 is 4.90 Å². The van der Waals surface area contributed by atoms with Crippen molar-refractivity contribution in [1.82, 2.24) is 4.98 Å². The second kappa shape index (κ2) is 6.86. The summed E-state index contributed by atoms with van der Waals surface area (Å²) < 4.78 is 10.5. The van der Waals surface area contributed by atoms with Gasteiger partial charge in [0, 0.05) is 25.1 Å². The molecule has 2 rings (SSSR count). The van der Waals surface area contributed by atoms with Crippen LogP contribution >= 0.6 is 11.3 Å². The summed E-state index contributed by atoms with van der Waals surface area (Å²) in [6, 6.07) is 0. The highest BCUT2D eigenvalue weighted by molar-refractivity contribution is 7.13. The molecule has 0 aromatic carbocycles. The average molecular weight is 284 g/mol. The van der Waals surface area contributed by atoms with E-state index in [0.29, 0.717) is 6.61 Å². The van der Waals surface area contributed by atoms with Crippen molar-refractivity contribution in [2.45, 2.75) is 32.8 Å². The third kappa shape index (κ3) is 4.18. The van der Waals surface area contributed by atoms with Crippen molar-refractivity contribution in [1.29, 1.82) is 0 Å². The number of nitrogens with zero attached hydrogens (tertiary/aromatic N) is 2. The first-order valence-corrected chi connectivity index (χ1v) is 7.53. The Morgan fingerprint density at radius 2 is 2.53 bits per heavy atom. The number of ether oxygens (including phenoxy) is 2. The quantitative estimate of drug-likeness (QED) is 0.790. The van der Waals surface area contributed by atoms with Crippen LogP contribution in [0.2, 0.25) is 0 Å². The molecule has 19 heavy (non-hydrogen) atoms. The lowest BCUT2D eigenvalue weighted by atomic mass is 10.3. The highest BCUT2D eigenvalue weighted by Crippen LogP contribution is 2.23. The van der Waals surface area contributed by atoms with Crippen molar-refractivity contribution < 1.29 is 14.3 Å².